The van der Waals surface area contributed by atoms with Gasteiger partial charge in [-0.15, -0.1) is 28.6 Å². The highest BCUT2D eigenvalue weighted by Gasteiger charge is 2.35. The van der Waals surface area contributed by atoms with Gasteiger partial charge in [0.2, 0.25) is 0 Å². The predicted octanol–water partition coefficient (Wildman–Crippen LogP) is 5.06. The van der Waals surface area contributed by atoms with Crippen LogP contribution in [-0.2, 0) is 0 Å². The summed E-state index contributed by atoms with van der Waals surface area (Å²) in [7, 11) is 0. The number of thioether (sulfide) groups is 2. The predicted molar refractivity (Wildman–Crippen MR) is 87.1 cm³/mol. The van der Waals surface area contributed by atoms with Crippen LogP contribution in [0.5, 0.6) is 0 Å². The second-order valence-electron chi connectivity index (χ2n) is 4.08. The highest BCUT2D eigenvalue weighted by Crippen LogP contribution is 2.44. The number of rotatable bonds is 2. The molecule has 0 radical (unpaired) electrons. The molecule has 1 heterocycles. The molecule has 0 aromatic carbocycles. The molecule has 1 nitrogen and oxygen atoms in total. The highest BCUT2D eigenvalue weighted by atomic mass is 79.9. The van der Waals surface area contributed by atoms with Crippen molar-refractivity contribution in [3.05, 3.63) is 0 Å². The summed E-state index contributed by atoms with van der Waals surface area (Å²) >= 11 is 13.5. The van der Waals surface area contributed by atoms with Crippen molar-refractivity contribution in [2.75, 3.05) is 11.9 Å². The number of nitrogens with zero attached hydrogens (tertiary/aromatic N) is 1. The Balaban J connectivity index is 0.00000128. The molecular formula is C10H16Br2ClNS2. The molecule has 1 aliphatic carbocycles. The maximum atomic E-state index is 6.36. The molecule has 94 valence electrons. The van der Waals surface area contributed by atoms with E-state index in [1.165, 1.54) is 36.5 Å². The molecular weight excluding hydrogens is 394 g/mol. The van der Waals surface area contributed by atoms with E-state index in [-0.39, 0.29) is 21.2 Å². The van der Waals surface area contributed by atoms with Crippen LogP contribution in [0.15, 0.2) is 4.99 Å². The van der Waals surface area contributed by atoms with E-state index < -0.39 is 0 Å². The number of alkyl halides is 2. The summed E-state index contributed by atoms with van der Waals surface area (Å²) in [5.41, 5.74) is 0. The van der Waals surface area contributed by atoms with Gasteiger partial charge in [0.05, 0.1) is 6.54 Å². The molecule has 0 aromatic rings. The maximum Gasteiger partial charge on any atom is 0.126 e. The third-order valence-electron chi connectivity index (χ3n) is 2.73. The van der Waals surface area contributed by atoms with Gasteiger partial charge in [-0.25, -0.2) is 0 Å². The Morgan fingerprint density at radius 2 is 2.12 bits per heavy atom. The van der Waals surface area contributed by atoms with Gasteiger partial charge in [0.15, 0.2) is 0 Å². The van der Waals surface area contributed by atoms with Crippen LogP contribution in [-0.4, -0.2) is 25.7 Å². The van der Waals surface area contributed by atoms with E-state index in [9.17, 15) is 0 Å². The zero-order chi connectivity index (χ0) is 10.7. The largest absolute Gasteiger partial charge is 0.269 e. The molecule has 0 bridgehead atoms. The molecule has 0 spiro atoms. The van der Waals surface area contributed by atoms with E-state index in [1.807, 2.05) is 11.8 Å². The van der Waals surface area contributed by atoms with Crippen molar-refractivity contribution >= 4 is 72.4 Å². The van der Waals surface area contributed by atoms with Crippen molar-refractivity contribution < 1.29 is 0 Å². The smallest absolute Gasteiger partial charge is 0.126 e. The molecule has 1 saturated carbocycles. The summed E-state index contributed by atoms with van der Waals surface area (Å²) in [5.74, 6) is 0. The highest BCUT2D eigenvalue weighted by molar-refractivity contribution is 9.09. The van der Waals surface area contributed by atoms with Crippen LogP contribution in [0.25, 0.3) is 0 Å². The lowest BCUT2D eigenvalue weighted by atomic mass is 10.0. The van der Waals surface area contributed by atoms with Gasteiger partial charge in [-0.05, 0) is 12.8 Å². The van der Waals surface area contributed by atoms with Crippen molar-refractivity contribution in [3.63, 3.8) is 0 Å². The SMILES string of the molecule is Br.ClC1(CBr)CN=C(SC2CCCCC2)S1. The molecule has 2 rings (SSSR count). The Hall–Kier alpha value is 1.62. The topological polar surface area (TPSA) is 12.4 Å². The first-order valence-electron chi connectivity index (χ1n) is 5.37. The normalized spacial score (nSPS) is 31.0. The Morgan fingerprint density at radius 1 is 1.44 bits per heavy atom. The van der Waals surface area contributed by atoms with Crippen LogP contribution >= 0.6 is 68.0 Å². The van der Waals surface area contributed by atoms with Gasteiger partial charge in [-0.1, -0.05) is 58.7 Å². The van der Waals surface area contributed by atoms with Crippen LogP contribution < -0.4 is 0 Å². The Kier molecular flexibility index (Phi) is 7.12. The summed E-state index contributed by atoms with van der Waals surface area (Å²) in [5, 5.41) is 1.60. The molecule has 0 saturated heterocycles. The third-order valence-corrected chi connectivity index (χ3v) is 7.49. The minimum absolute atomic E-state index is 0. The van der Waals surface area contributed by atoms with Gasteiger partial charge < -0.3 is 0 Å². The quantitative estimate of drug-likeness (QED) is 0.591. The second kappa shape index (κ2) is 7.27. The molecule has 1 atom stereocenters. The molecule has 1 unspecified atom stereocenters. The average Bonchev–Trinajstić information content (AvgIpc) is 2.63. The van der Waals surface area contributed by atoms with E-state index in [4.69, 9.17) is 11.6 Å². The molecule has 16 heavy (non-hydrogen) atoms. The van der Waals surface area contributed by atoms with Gasteiger partial charge in [-0.2, -0.15) is 0 Å². The number of halogens is 3. The molecule has 2 aliphatic rings. The van der Waals surface area contributed by atoms with E-state index in [0.717, 1.165) is 17.1 Å². The fraction of sp³-hybridized carbons (Fsp3) is 0.900. The third kappa shape index (κ3) is 4.38. The van der Waals surface area contributed by atoms with E-state index >= 15 is 0 Å². The van der Waals surface area contributed by atoms with Crippen molar-refractivity contribution in [2.24, 2.45) is 4.99 Å². The Labute approximate surface area is 130 Å². The van der Waals surface area contributed by atoms with Crippen LogP contribution in [0.4, 0.5) is 0 Å². The van der Waals surface area contributed by atoms with E-state index in [1.54, 1.807) is 11.8 Å². The first-order chi connectivity index (χ1) is 7.22. The van der Waals surface area contributed by atoms with Crippen molar-refractivity contribution in [2.45, 2.75) is 41.6 Å². The zero-order valence-electron chi connectivity index (χ0n) is 8.95. The van der Waals surface area contributed by atoms with Gasteiger partial charge in [-0.3, -0.25) is 4.99 Å². The van der Waals surface area contributed by atoms with Gasteiger partial charge >= 0.3 is 0 Å². The average molecular weight is 410 g/mol. The van der Waals surface area contributed by atoms with Crippen LogP contribution in [0.3, 0.4) is 0 Å². The molecule has 1 fully saturated rings. The molecule has 1 aliphatic heterocycles. The first-order valence-corrected chi connectivity index (χ1v) is 8.56. The lowest BCUT2D eigenvalue weighted by molar-refractivity contribution is 0.517. The molecule has 0 amide bonds. The summed E-state index contributed by atoms with van der Waals surface area (Å²) in [4.78, 5) is 4.53. The standard InChI is InChI=1S/C10H15BrClNS2.BrH/c11-6-10(12)7-13-9(15-10)14-8-4-2-1-3-5-8;/h8H,1-7H2;1H. The minimum Gasteiger partial charge on any atom is -0.269 e. The molecule has 0 aromatic heterocycles. The second-order valence-corrected chi connectivity index (χ2v) is 8.51. The van der Waals surface area contributed by atoms with Gasteiger partial charge in [0.25, 0.3) is 0 Å². The van der Waals surface area contributed by atoms with Crippen LogP contribution in [0, 0.1) is 0 Å². The Morgan fingerprint density at radius 3 is 2.69 bits per heavy atom. The van der Waals surface area contributed by atoms with Gasteiger partial charge in [0, 0.05) is 10.6 Å². The lowest BCUT2D eigenvalue weighted by Crippen LogP contribution is -2.19. The molecule has 0 N–H and O–H groups in total. The van der Waals surface area contributed by atoms with Crippen molar-refractivity contribution in [1.82, 2.24) is 0 Å². The zero-order valence-corrected chi connectivity index (χ0v) is 14.6. The number of hydrogen-bond donors (Lipinski definition) is 0. The monoisotopic (exact) mass is 407 g/mol. The summed E-state index contributed by atoms with van der Waals surface area (Å²) in [6.45, 7) is 0.750. The summed E-state index contributed by atoms with van der Waals surface area (Å²) in [6.07, 6.45) is 6.90. The fourth-order valence-corrected chi connectivity index (χ4v) is 5.50. The van der Waals surface area contributed by atoms with Crippen LogP contribution in [0.2, 0.25) is 0 Å². The lowest BCUT2D eigenvalue weighted by Gasteiger charge is -2.21. The van der Waals surface area contributed by atoms with Crippen LogP contribution in [0.1, 0.15) is 32.1 Å². The summed E-state index contributed by atoms with van der Waals surface area (Å²) in [6, 6.07) is 0. The van der Waals surface area contributed by atoms with E-state index in [2.05, 4.69) is 20.9 Å². The fourth-order valence-electron chi connectivity index (χ4n) is 1.86. The Bertz CT molecular complexity index is 259. The van der Waals surface area contributed by atoms with Gasteiger partial charge in [0.1, 0.15) is 8.58 Å². The summed E-state index contributed by atoms with van der Waals surface area (Å²) < 4.78 is 0.994. The first kappa shape index (κ1) is 15.7. The molecule has 6 heteroatoms. The van der Waals surface area contributed by atoms with E-state index in [0.29, 0.717) is 0 Å². The van der Waals surface area contributed by atoms with Crippen molar-refractivity contribution in [1.29, 1.82) is 0 Å². The number of hydrogen-bond acceptors (Lipinski definition) is 3. The minimum atomic E-state index is -0.211. The maximum absolute atomic E-state index is 6.36. The number of aliphatic imine (C=N–C) groups is 1. The van der Waals surface area contributed by atoms with Crippen molar-refractivity contribution in [3.8, 4) is 0 Å².